The highest BCUT2D eigenvalue weighted by molar-refractivity contribution is 5.52. The first-order chi connectivity index (χ1) is 10.8. The number of anilines is 1. The Kier molecular flexibility index (Phi) is 4.64. The second-order valence-corrected chi connectivity index (χ2v) is 5.77. The third-order valence-electron chi connectivity index (χ3n) is 4.34. The maximum Gasteiger partial charge on any atom is 0.122 e. The van der Waals surface area contributed by atoms with E-state index >= 15 is 0 Å². The van der Waals surface area contributed by atoms with Crippen LogP contribution in [0.15, 0.2) is 42.5 Å². The molecule has 0 radical (unpaired) electrons. The van der Waals surface area contributed by atoms with Crippen molar-refractivity contribution in [3.05, 3.63) is 59.2 Å². The second kappa shape index (κ2) is 6.84. The summed E-state index contributed by atoms with van der Waals surface area (Å²) in [7, 11) is 3.49. The third-order valence-corrected chi connectivity index (χ3v) is 4.34. The molecule has 3 heteroatoms. The fraction of sp³-hybridized carbons (Fsp3) is 0.368. The van der Waals surface area contributed by atoms with Gasteiger partial charge in [-0.3, -0.25) is 0 Å². The van der Waals surface area contributed by atoms with Gasteiger partial charge in [0.25, 0.3) is 0 Å². The van der Waals surface area contributed by atoms with Gasteiger partial charge in [-0.1, -0.05) is 30.3 Å². The van der Waals surface area contributed by atoms with Crippen molar-refractivity contribution in [1.82, 2.24) is 0 Å². The summed E-state index contributed by atoms with van der Waals surface area (Å²) in [6.07, 6.45) is 3.21. The Hall–Kier alpha value is -2.00. The van der Waals surface area contributed by atoms with Crippen LogP contribution in [0.4, 0.5) is 5.69 Å². The average Bonchev–Trinajstić information content (AvgIpc) is 2.56. The van der Waals surface area contributed by atoms with Gasteiger partial charge in [0, 0.05) is 24.4 Å². The molecule has 0 saturated carbocycles. The number of rotatable bonds is 5. The number of methoxy groups -OCH3 is 2. The molecule has 2 aromatic rings. The minimum Gasteiger partial charge on any atom is -0.496 e. The van der Waals surface area contributed by atoms with Crippen LogP contribution in [0.1, 0.15) is 23.1 Å². The molecular formula is C19H23NO2. The predicted octanol–water partition coefficient (Wildman–Crippen LogP) is 3.81. The summed E-state index contributed by atoms with van der Waals surface area (Å²) in [5, 5.41) is 3.69. The van der Waals surface area contributed by atoms with E-state index in [1.54, 1.807) is 14.2 Å². The Labute approximate surface area is 132 Å². The zero-order valence-corrected chi connectivity index (χ0v) is 13.3. The molecular weight excluding hydrogens is 274 g/mol. The van der Waals surface area contributed by atoms with Gasteiger partial charge in [-0.05, 0) is 42.5 Å². The van der Waals surface area contributed by atoms with Crippen molar-refractivity contribution in [3.63, 3.8) is 0 Å². The van der Waals surface area contributed by atoms with Crippen LogP contribution in [0.5, 0.6) is 5.75 Å². The normalized spacial score (nSPS) is 16.9. The molecule has 1 aliphatic carbocycles. The third kappa shape index (κ3) is 3.09. The summed E-state index contributed by atoms with van der Waals surface area (Å²) in [4.78, 5) is 0. The molecule has 0 heterocycles. The van der Waals surface area contributed by atoms with Crippen molar-refractivity contribution < 1.29 is 9.47 Å². The quantitative estimate of drug-likeness (QED) is 0.910. The number of nitrogens with one attached hydrogen (secondary N) is 1. The van der Waals surface area contributed by atoms with E-state index in [2.05, 4.69) is 47.8 Å². The van der Waals surface area contributed by atoms with Crippen LogP contribution in [0, 0.1) is 0 Å². The lowest BCUT2D eigenvalue weighted by atomic mass is 9.87. The number of hydrogen-bond acceptors (Lipinski definition) is 3. The fourth-order valence-electron chi connectivity index (χ4n) is 3.25. The van der Waals surface area contributed by atoms with Gasteiger partial charge in [0.1, 0.15) is 5.75 Å². The standard InChI is InChI=1S/C19H23NO2/c1-21-13-15-6-3-4-8-18(15)20-16-10-11-17-14(12-16)7-5-9-19(17)22-2/h3-9,16,20H,10-13H2,1-2H3. The Morgan fingerprint density at radius 1 is 1.09 bits per heavy atom. The molecule has 0 aliphatic heterocycles. The Morgan fingerprint density at radius 3 is 2.77 bits per heavy atom. The lowest BCUT2D eigenvalue weighted by molar-refractivity contribution is 0.185. The molecule has 0 aromatic heterocycles. The first-order valence-corrected chi connectivity index (χ1v) is 7.80. The Morgan fingerprint density at radius 2 is 1.95 bits per heavy atom. The average molecular weight is 297 g/mol. The number of ether oxygens (including phenoxy) is 2. The summed E-state index contributed by atoms with van der Waals surface area (Å²) >= 11 is 0. The second-order valence-electron chi connectivity index (χ2n) is 5.77. The van der Waals surface area contributed by atoms with Crippen LogP contribution in [0.25, 0.3) is 0 Å². The lowest BCUT2D eigenvalue weighted by Crippen LogP contribution is -2.28. The van der Waals surface area contributed by atoms with E-state index in [1.165, 1.54) is 22.4 Å². The molecule has 3 rings (SSSR count). The molecule has 0 spiro atoms. The van der Waals surface area contributed by atoms with E-state index in [4.69, 9.17) is 9.47 Å². The highest BCUT2D eigenvalue weighted by Crippen LogP contribution is 2.31. The smallest absolute Gasteiger partial charge is 0.122 e. The molecule has 0 bridgehead atoms. The van der Waals surface area contributed by atoms with Gasteiger partial charge in [-0.2, -0.15) is 0 Å². The summed E-state index contributed by atoms with van der Waals surface area (Å²) in [6.45, 7) is 0.639. The maximum absolute atomic E-state index is 5.48. The monoisotopic (exact) mass is 297 g/mol. The van der Waals surface area contributed by atoms with Crippen LogP contribution in [-0.2, 0) is 24.2 Å². The highest BCUT2D eigenvalue weighted by Gasteiger charge is 2.21. The van der Waals surface area contributed by atoms with E-state index in [0.717, 1.165) is 25.0 Å². The van der Waals surface area contributed by atoms with E-state index in [-0.39, 0.29) is 0 Å². The fourth-order valence-corrected chi connectivity index (χ4v) is 3.25. The zero-order valence-electron chi connectivity index (χ0n) is 13.3. The summed E-state index contributed by atoms with van der Waals surface area (Å²) in [5.41, 5.74) is 5.16. The first-order valence-electron chi connectivity index (χ1n) is 7.80. The molecule has 1 unspecified atom stereocenters. The molecule has 0 saturated heterocycles. The molecule has 3 nitrogen and oxygen atoms in total. The van der Waals surface area contributed by atoms with Crippen LogP contribution in [-0.4, -0.2) is 20.3 Å². The maximum atomic E-state index is 5.48. The van der Waals surface area contributed by atoms with Crippen molar-refractivity contribution in [3.8, 4) is 5.75 Å². The summed E-state index contributed by atoms with van der Waals surface area (Å²) < 4.78 is 10.8. The van der Waals surface area contributed by atoms with Crippen molar-refractivity contribution in [2.45, 2.75) is 31.9 Å². The van der Waals surface area contributed by atoms with Gasteiger partial charge in [0.2, 0.25) is 0 Å². The van der Waals surface area contributed by atoms with Gasteiger partial charge < -0.3 is 14.8 Å². The molecule has 116 valence electrons. The first kappa shape index (κ1) is 14.9. The van der Waals surface area contributed by atoms with Crippen molar-refractivity contribution in [2.24, 2.45) is 0 Å². The predicted molar refractivity (Wildman–Crippen MR) is 89.6 cm³/mol. The number of fused-ring (bicyclic) bond motifs is 1. The number of para-hydroxylation sites is 1. The molecule has 1 N–H and O–H groups in total. The number of benzene rings is 2. The van der Waals surface area contributed by atoms with Gasteiger partial charge in [0.05, 0.1) is 13.7 Å². The molecule has 0 fully saturated rings. The number of hydrogen-bond donors (Lipinski definition) is 1. The highest BCUT2D eigenvalue weighted by atomic mass is 16.5. The minimum atomic E-state index is 0.456. The largest absolute Gasteiger partial charge is 0.496 e. The van der Waals surface area contributed by atoms with Crippen molar-refractivity contribution in [2.75, 3.05) is 19.5 Å². The van der Waals surface area contributed by atoms with Gasteiger partial charge in [0.15, 0.2) is 0 Å². The molecule has 2 aromatic carbocycles. The van der Waals surface area contributed by atoms with Gasteiger partial charge in [-0.15, -0.1) is 0 Å². The summed E-state index contributed by atoms with van der Waals surface area (Å²) in [5.74, 6) is 1.02. The van der Waals surface area contributed by atoms with Gasteiger partial charge >= 0.3 is 0 Å². The topological polar surface area (TPSA) is 30.5 Å². The lowest BCUT2D eigenvalue weighted by Gasteiger charge is -2.28. The molecule has 0 amide bonds. The van der Waals surface area contributed by atoms with Crippen molar-refractivity contribution >= 4 is 5.69 Å². The van der Waals surface area contributed by atoms with E-state index in [0.29, 0.717) is 12.6 Å². The Balaban J connectivity index is 1.76. The van der Waals surface area contributed by atoms with Gasteiger partial charge in [-0.25, -0.2) is 0 Å². The SMILES string of the molecule is COCc1ccccc1NC1CCc2c(cccc2OC)C1. The van der Waals surface area contributed by atoms with E-state index in [9.17, 15) is 0 Å². The van der Waals surface area contributed by atoms with Crippen LogP contribution >= 0.6 is 0 Å². The summed E-state index contributed by atoms with van der Waals surface area (Å²) in [6, 6.07) is 15.2. The van der Waals surface area contributed by atoms with E-state index in [1.807, 2.05) is 0 Å². The van der Waals surface area contributed by atoms with Crippen LogP contribution < -0.4 is 10.1 Å². The van der Waals surface area contributed by atoms with Crippen molar-refractivity contribution in [1.29, 1.82) is 0 Å². The molecule has 1 aliphatic rings. The molecule has 22 heavy (non-hydrogen) atoms. The zero-order chi connectivity index (χ0) is 15.4. The Bertz CT molecular complexity index is 639. The van der Waals surface area contributed by atoms with Crippen LogP contribution in [0.3, 0.4) is 0 Å². The minimum absolute atomic E-state index is 0.456. The molecule has 1 atom stereocenters. The van der Waals surface area contributed by atoms with E-state index < -0.39 is 0 Å². The van der Waals surface area contributed by atoms with Crippen LogP contribution in [0.2, 0.25) is 0 Å².